The van der Waals surface area contributed by atoms with Crippen molar-refractivity contribution in [2.75, 3.05) is 13.1 Å². The van der Waals surface area contributed by atoms with E-state index in [0.717, 1.165) is 11.9 Å². The Labute approximate surface area is 141 Å². The van der Waals surface area contributed by atoms with Crippen molar-refractivity contribution in [2.24, 2.45) is 0 Å². The van der Waals surface area contributed by atoms with Gasteiger partial charge in [-0.15, -0.1) is 0 Å². The van der Waals surface area contributed by atoms with Crippen LogP contribution in [0, 0.1) is 0 Å². The van der Waals surface area contributed by atoms with Crippen molar-refractivity contribution in [3.8, 4) is 0 Å². The summed E-state index contributed by atoms with van der Waals surface area (Å²) in [4.78, 5) is 24.2. The molecule has 1 aliphatic carbocycles. The summed E-state index contributed by atoms with van der Waals surface area (Å²) in [6, 6.07) is 9.33. The number of nitrogens with one attached hydrogen (secondary N) is 2. The predicted molar refractivity (Wildman–Crippen MR) is 94.3 cm³/mol. The van der Waals surface area contributed by atoms with Gasteiger partial charge in [-0.05, 0) is 25.0 Å². The number of benzene rings is 1. The fourth-order valence-corrected chi connectivity index (χ4v) is 3.25. The van der Waals surface area contributed by atoms with Crippen molar-refractivity contribution in [1.29, 1.82) is 0 Å². The van der Waals surface area contributed by atoms with Crippen molar-refractivity contribution in [2.45, 2.75) is 44.6 Å². The highest BCUT2D eigenvalue weighted by molar-refractivity contribution is 5.96. The molecule has 0 radical (unpaired) electrons. The molecule has 2 N–H and O–H groups in total. The number of amides is 1. The standard InChI is InChI=1S/C19H24N2O3/c22-18(21-12-11-20-15-8-3-1-2-4-9-15)16-13-14-7-5-6-10-17(14)24-19(16)23/h5-7,10,13,15,20H,1-4,8-9,11-12H2,(H,21,22). The minimum absolute atomic E-state index is 0.0585. The first kappa shape index (κ1) is 16.7. The number of carbonyl (C=O) groups excluding carboxylic acids is 1. The number of carbonyl (C=O) groups is 1. The molecule has 0 aliphatic heterocycles. The first-order chi connectivity index (χ1) is 11.7. The molecule has 2 aromatic rings. The maximum Gasteiger partial charge on any atom is 0.349 e. The maximum atomic E-state index is 12.2. The molecule has 1 aliphatic rings. The summed E-state index contributed by atoms with van der Waals surface area (Å²) in [5, 5.41) is 7.04. The second-order valence-electron chi connectivity index (χ2n) is 6.38. The zero-order chi connectivity index (χ0) is 16.8. The Bertz CT molecular complexity index is 746. The SMILES string of the molecule is O=C(NCCNC1CCCCCC1)c1cc2ccccc2oc1=O. The van der Waals surface area contributed by atoms with Gasteiger partial charge in [-0.2, -0.15) is 0 Å². The van der Waals surface area contributed by atoms with Gasteiger partial charge >= 0.3 is 5.63 Å². The molecule has 0 saturated heterocycles. The highest BCUT2D eigenvalue weighted by atomic mass is 16.4. The minimum atomic E-state index is -0.595. The van der Waals surface area contributed by atoms with Crippen molar-refractivity contribution in [3.63, 3.8) is 0 Å². The minimum Gasteiger partial charge on any atom is -0.422 e. The Morgan fingerprint density at radius 3 is 2.62 bits per heavy atom. The van der Waals surface area contributed by atoms with Gasteiger partial charge in [0.05, 0.1) is 0 Å². The normalized spacial score (nSPS) is 16.0. The summed E-state index contributed by atoms with van der Waals surface area (Å²) in [5.41, 5.74) is -0.0415. The largest absolute Gasteiger partial charge is 0.422 e. The summed E-state index contributed by atoms with van der Waals surface area (Å²) in [7, 11) is 0. The molecule has 5 heteroatoms. The van der Waals surface area contributed by atoms with Crippen LogP contribution >= 0.6 is 0 Å². The van der Waals surface area contributed by atoms with Gasteiger partial charge in [0.1, 0.15) is 11.1 Å². The van der Waals surface area contributed by atoms with Crippen LogP contribution in [0.15, 0.2) is 39.5 Å². The quantitative estimate of drug-likeness (QED) is 0.503. The second-order valence-corrected chi connectivity index (χ2v) is 6.38. The molecule has 1 aromatic heterocycles. The molecule has 5 nitrogen and oxygen atoms in total. The third kappa shape index (κ3) is 4.23. The smallest absolute Gasteiger partial charge is 0.349 e. The molecule has 0 spiro atoms. The van der Waals surface area contributed by atoms with Gasteiger partial charge in [0.15, 0.2) is 0 Å². The lowest BCUT2D eigenvalue weighted by atomic mass is 10.1. The molecule has 1 heterocycles. The van der Waals surface area contributed by atoms with E-state index in [1.54, 1.807) is 18.2 Å². The van der Waals surface area contributed by atoms with Crippen LogP contribution in [0.25, 0.3) is 11.0 Å². The van der Waals surface area contributed by atoms with E-state index in [2.05, 4.69) is 10.6 Å². The average Bonchev–Trinajstić information content (AvgIpc) is 2.86. The van der Waals surface area contributed by atoms with Crippen LogP contribution < -0.4 is 16.3 Å². The molecule has 1 aromatic carbocycles. The molecular weight excluding hydrogens is 304 g/mol. The number of hydrogen-bond acceptors (Lipinski definition) is 4. The summed E-state index contributed by atoms with van der Waals surface area (Å²) < 4.78 is 5.20. The highest BCUT2D eigenvalue weighted by Crippen LogP contribution is 2.17. The van der Waals surface area contributed by atoms with Gasteiger partial charge in [-0.25, -0.2) is 4.79 Å². The van der Waals surface area contributed by atoms with Gasteiger partial charge in [0, 0.05) is 24.5 Å². The molecule has 0 atom stereocenters. The van der Waals surface area contributed by atoms with E-state index < -0.39 is 5.63 Å². The Kier molecular flexibility index (Phi) is 5.64. The Morgan fingerprint density at radius 1 is 1.08 bits per heavy atom. The third-order valence-electron chi connectivity index (χ3n) is 4.58. The average molecular weight is 328 g/mol. The lowest BCUT2D eigenvalue weighted by Crippen LogP contribution is -2.37. The van der Waals surface area contributed by atoms with Crippen molar-refractivity contribution in [3.05, 3.63) is 46.3 Å². The fourth-order valence-electron chi connectivity index (χ4n) is 3.25. The van der Waals surface area contributed by atoms with E-state index in [1.807, 2.05) is 12.1 Å². The lowest BCUT2D eigenvalue weighted by Gasteiger charge is -2.16. The van der Waals surface area contributed by atoms with Gasteiger partial charge in [0.2, 0.25) is 0 Å². The van der Waals surface area contributed by atoms with E-state index in [4.69, 9.17) is 4.42 Å². The summed E-state index contributed by atoms with van der Waals surface area (Å²) in [5.74, 6) is -0.378. The summed E-state index contributed by atoms with van der Waals surface area (Å²) in [6.07, 6.45) is 7.63. The summed E-state index contributed by atoms with van der Waals surface area (Å²) >= 11 is 0. The molecule has 24 heavy (non-hydrogen) atoms. The first-order valence-electron chi connectivity index (χ1n) is 8.78. The topological polar surface area (TPSA) is 71.3 Å². The van der Waals surface area contributed by atoms with Crippen LogP contribution in [-0.4, -0.2) is 25.0 Å². The van der Waals surface area contributed by atoms with Gasteiger partial charge < -0.3 is 15.1 Å². The van der Waals surface area contributed by atoms with Crippen LogP contribution in [0.3, 0.4) is 0 Å². The van der Waals surface area contributed by atoms with Crippen LogP contribution in [0.2, 0.25) is 0 Å². The second kappa shape index (κ2) is 8.11. The Morgan fingerprint density at radius 2 is 1.83 bits per heavy atom. The third-order valence-corrected chi connectivity index (χ3v) is 4.58. The van der Waals surface area contributed by atoms with Gasteiger partial charge in [-0.3, -0.25) is 4.79 Å². The van der Waals surface area contributed by atoms with Crippen molar-refractivity contribution in [1.82, 2.24) is 10.6 Å². The van der Waals surface area contributed by atoms with Gasteiger partial charge in [-0.1, -0.05) is 43.9 Å². The van der Waals surface area contributed by atoms with Crippen LogP contribution in [0.5, 0.6) is 0 Å². The van der Waals surface area contributed by atoms with Crippen LogP contribution in [0.4, 0.5) is 0 Å². The number of para-hydroxylation sites is 1. The molecule has 3 rings (SSSR count). The molecule has 1 amide bonds. The van der Waals surface area contributed by atoms with Crippen LogP contribution in [-0.2, 0) is 0 Å². The molecule has 1 saturated carbocycles. The highest BCUT2D eigenvalue weighted by Gasteiger charge is 2.14. The molecule has 0 bridgehead atoms. The number of hydrogen-bond donors (Lipinski definition) is 2. The van der Waals surface area contributed by atoms with E-state index in [1.165, 1.54) is 38.5 Å². The molecule has 1 fully saturated rings. The van der Waals surface area contributed by atoms with Crippen molar-refractivity contribution < 1.29 is 9.21 Å². The number of rotatable bonds is 5. The molecular formula is C19H24N2O3. The zero-order valence-corrected chi connectivity index (χ0v) is 13.8. The maximum absolute atomic E-state index is 12.2. The van der Waals surface area contributed by atoms with Crippen molar-refractivity contribution >= 4 is 16.9 Å². The predicted octanol–water partition coefficient (Wildman–Crippen LogP) is 2.84. The lowest BCUT2D eigenvalue weighted by molar-refractivity contribution is 0.0950. The van der Waals surface area contributed by atoms with E-state index >= 15 is 0 Å². The summed E-state index contributed by atoms with van der Waals surface area (Å²) in [6.45, 7) is 1.22. The van der Waals surface area contributed by atoms with Crippen LogP contribution in [0.1, 0.15) is 48.9 Å². The van der Waals surface area contributed by atoms with E-state index in [-0.39, 0.29) is 11.5 Å². The van der Waals surface area contributed by atoms with E-state index in [0.29, 0.717) is 18.2 Å². The zero-order valence-electron chi connectivity index (χ0n) is 13.8. The molecule has 128 valence electrons. The monoisotopic (exact) mass is 328 g/mol. The first-order valence-corrected chi connectivity index (χ1v) is 8.78. The van der Waals surface area contributed by atoms with E-state index in [9.17, 15) is 9.59 Å². The molecule has 0 unspecified atom stereocenters. The fraction of sp³-hybridized carbons (Fsp3) is 0.474. The Balaban J connectivity index is 1.53. The number of fused-ring (bicyclic) bond motifs is 1. The Hall–Kier alpha value is -2.14. The van der Waals surface area contributed by atoms with Gasteiger partial charge in [0.25, 0.3) is 5.91 Å².